The maximum absolute atomic E-state index is 12.2. The average molecular weight is 575 g/mol. The third-order valence-electron chi connectivity index (χ3n) is 7.39. The van der Waals surface area contributed by atoms with E-state index < -0.39 is 24.1 Å². The summed E-state index contributed by atoms with van der Waals surface area (Å²) in [6.07, 6.45) is 4.60. The van der Waals surface area contributed by atoms with Crippen LogP contribution in [0.5, 0.6) is 11.5 Å². The second kappa shape index (κ2) is 13.7. The van der Waals surface area contributed by atoms with E-state index in [1.807, 2.05) is 84.9 Å². The summed E-state index contributed by atoms with van der Waals surface area (Å²) in [5, 5.41) is 1.76. The van der Waals surface area contributed by atoms with Crippen molar-refractivity contribution in [2.45, 2.75) is 32.0 Å². The highest BCUT2D eigenvalue weighted by Gasteiger charge is 2.26. The summed E-state index contributed by atoms with van der Waals surface area (Å²) >= 11 is 0. The standard InChI is InChI=1S/C37H34O6/c1-4-34(38)42-32(26-14-8-6-9-15-26)23-40-36-28-18-12-13-19-29(28)37(31-22-25(3)20-21-30(31)36)41-24-33(43-35(39)5-2)27-16-10-7-11-17-27/h4-20,32-33H,1-2,21-24H2,3H3. The zero-order chi connectivity index (χ0) is 30.2. The first-order valence-electron chi connectivity index (χ1n) is 14.2. The van der Waals surface area contributed by atoms with Crippen LogP contribution in [0.2, 0.25) is 0 Å². The normalized spacial score (nSPS) is 13.6. The summed E-state index contributed by atoms with van der Waals surface area (Å²) in [5.74, 6) is 0.433. The Balaban J connectivity index is 1.52. The van der Waals surface area contributed by atoms with Gasteiger partial charge in [0.2, 0.25) is 0 Å². The van der Waals surface area contributed by atoms with Gasteiger partial charge in [-0.1, -0.05) is 110 Å². The lowest BCUT2D eigenvalue weighted by atomic mass is 9.87. The fraction of sp³-hybridized carbons (Fsp3) is 0.189. The van der Waals surface area contributed by atoms with E-state index in [4.69, 9.17) is 18.9 Å². The Morgan fingerprint density at radius 2 is 1.14 bits per heavy atom. The number of esters is 2. The van der Waals surface area contributed by atoms with E-state index in [2.05, 4.69) is 26.2 Å². The highest BCUT2D eigenvalue weighted by atomic mass is 16.6. The predicted octanol–water partition coefficient (Wildman–Crippen LogP) is 7.58. The third-order valence-corrected chi connectivity index (χ3v) is 7.39. The van der Waals surface area contributed by atoms with Crippen LogP contribution in [0.4, 0.5) is 0 Å². The van der Waals surface area contributed by atoms with Gasteiger partial charge >= 0.3 is 11.9 Å². The van der Waals surface area contributed by atoms with Crippen LogP contribution in [0.3, 0.4) is 0 Å². The van der Waals surface area contributed by atoms with E-state index in [0.29, 0.717) is 12.8 Å². The molecule has 0 heterocycles. The summed E-state index contributed by atoms with van der Waals surface area (Å²) in [6.45, 7) is 9.43. The molecule has 0 spiro atoms. The van der Waals surface area contributed by atoms with Crippen LogP contribution in [-0.2, 0) is 31.9 Å². The molecule has 0 amide bonds. The van der Waals surface area contributed by atoms with Crippen molar-refractivity contribution in [2.75, 3.05) is 13.2 Å². The molecule has 0 aromatic heterocycles. The topological polar surface area (TPSA) is 71.1 Å². The number of allylic oxidation sites excluding steroid dienone is 2. The number of fused-ring (bicyclic) bond motifs is 2. The SMILES string of the molecule is C=CC(=O)OC(COc1c2c(c(OCC(OC(=O)C=C)c3ccccc3)c3ccccc13)CC(C)=CC2)c1ccccc1. The molecule has 43 heavy (non-hydrogen) atoms. The number of benzene rings is 4. The van der Waals surface area contributed by atoms with Gasteiger partial charge in [0, 0.05) is 34.1 Å². The second-order valence-electron chi connectivity index (χ2n) is 10.3. The molecule has 0 fully saturated rings. The van der Waals surface area contributed by atoms with E-state index in [0.717, 1.165) is 56.7 Å². The van der Waals surface area contributed by atoms with Crippen molar-refractivity contribution < 1.29 is 28.5 Å². The van der Waals surface area contributed by atoms with E-state index in [9.17, 15) is 9.59 Å². The van der Waals surface area contributed by atoms with Crippen LogP contribution < -0.4 is 9.47 Å². The molecule has 6 nitrogen and oxygen atoms in total. The van der Waals surface area contributed by atoms with E-state index in [1.54, 1.807) is 0 Å². The fourth-order valence-corrected chi connectivity index (χ4v) is 5.26. The van der Waals surface area contributed by atoms with Crippen LogP contribution in [0.25, 0.3) is 10.8 Å². The zero-order valence-corrected chi connectivity index (χ0v) is 24.2. The maximum atomic E-state index is 12.2. The molecule has 0 saturated heterocycles. The Morgan fingerprint density at radius 1 is 0.698 bits per heavy atom. The Bertz CT molecular complexity index is 1660. The molecule has 5 rings (SSSR count). The Labute approximate surface area is 251 Å². The van der Waals surface area contributed by atoms with Gasteiger partial charge in [-0.25, -0.2) is 9.59 Å². The van der Waals surface area contributed by atoms with Crippen LogP contribution >= 0.6 is 0 Å². The Morgan fingerprint density at radius 3 is 1.60 bits per heavy atom. The molecule has 1 aliphatic rings. The number of hydrogen-bond donors (Lipinski definition) is 0. The zero-order valence-electron chi connectivity index (χ0n) is 24.2. The smallest absolute Gasteiger partial charge is 0.330 e. The van der Waals surface area contributed by atoms with Gasteiger partial charge < -0.3 is 18.9 Å². The van der Waals surface area contributed by atoms with E-state index in [-0.39, 0.29) is 13.2 Å². The monoisotopic (exact) mass is 574 g/mol. The van der Waals surface area contributed by atoms with Gasteiger partial charge in [-0.3, -0.25) is 0 Å². The lowest BCUT2D eigenvalue weighted by molar-refractivity contribution is -0.145. The number of carbonyl (C=O) groups is 2. The third kappa shape index (κ3) is 6.87. The van der Waals surface area contributed by atoms with Crippen LogP contribution in [0, 0.1) is 0 Å². The highest BCUT2D eigenvalue weighted by Crippen LogP contribution is 2.44. The van der Waals surface area contributed by atoms with Gasteiger partial charge in [0.05, 0.1) is 0 Å². The van der Waals surface area contributed by atoms with Crippen molar-refractivity contribution in [3.05, 3.63) is 144 Å². The molecule has 2 atom stereocenters. The van der Waals surface area contributed by atoms with E-state index >= 15 is 0 Å². The lowest BCUT2D eigenvalue weighted by Gasteiger charge is -2.27. The van der Waals surface area contributed by atoms with Crippen molar-refractivity contribution in [2.24, 2.45) is 0 Å². The minimum Gasteiger partial charge on any atom is -0.488 e. The lowest BCUT2D eigenvalue weighted by Crippen LogP contribution is -2.19. The maximum Gasteiger partial charge on any atom is 0.330 e. The molecule has 2 unspecified atom stereocenters. The Hall–Kier alpha value is -5.10. The molecule has 218 valence electrons. The molecule has 6 heteroatoms. The molecule has 4 aromatic rings. The minimum absolute atomic E-state index is 0.122. The predicted molar refractivity (Wildman–Crippen MR) is 167 cm³/mol. The van der Waals surface area contributed by atoms with Crippen LogP contribution in [-0.4, -0.2) is 25.2 Å². The van der Waals surface area contributed by atoms with E-state index in [1.165, 1.54) is 5.57 Å². The minimum atomic E-state index is -0.622. The quantitative estimate of drug-likeness (QED) is 0.0987. The van der Waals surface area contributed by atoms with Gasteiger partial charge in [-0.05, 0) is 30.9 Å². The largest absolute Gasteiger partial charge is 0.488 e. The Kier molecular flexibility index (Phi) is 9.37. The van der Waals surface area contributed by atoms with Gasteiger partial charge in [0.25, 0.3) is 0 Å². The summed E-state index contributed by atoms with van der Waals surface area (Å²) in [6, 6.07) is 27.0. The molecular weight excluding hydrogens is 540 g/mol. The van der Waals surface area contributed by atoms with Crippen molar-refractivity contribution in [1.29, 1.82) is 0 Å². The number of hydrogen-bond acceptors (Lipinski definition) is 6. The second-order valence-corrected chi connectivity index (χ2v) is 10.3. The molecular formula is C37H34O6. The van der Waals surface area contributed by atoms with Crippen molar-refractivity contribution >= 4 is 22.7 Å². The highest BCUT2D eigenvalue weighted by molar-refractivity contribution is 5.96. The molecule has 0 bridgehead atoms. The summed E-state index contributed by atoms with van der Waals surface area (Å²) in [5.41, 5.74) is 4.91. The molecule has 0 N–H and O–H groups in total. The average Bonchev–Trinajstić information content (AvgIpc) is 3.05. The van der Waals surface area contributed by atoms with Gasteiger partial charge in [0.1, 0.15) is 24.7 Å². The van der Waals surface area contributed by atoms with Gasteiger partial charge in [-0.2, -0.15) is 0 Å². The van der Waals surface area contributed by atoms with Crippen molar-refractivity contribution in [1.82, 2.24) is 0 Å². The first kappa shape index (κ1) is 29.4. The first-order valence-corrected chi connectivity index (χ1v) is 14.2. The number of ether oxygens (including phenoxy) is 4. The molecule has 0 aliphatic heterocycles. The van der Waals surface area contributed by atoms with Crippen molar-refractivity contribution in [3.8, 4) is 11.5 Å². The van der Waals surface area contributed by atoms with Crippen LogP contribution in [0.1, 0.15) is 41.4 Å². The van der Waals surface area contributed by atoms with Gasteiger partial charge in [0.15, 0.2) is 12.2 Å². The fourth-order valence-electron chi connectivity index (χ4n) is 5.26. The molecule has 0 radical (unpaired) electrons. The summed E-state index contributed by atoms with van der Waals surface area (Å²) in [4.78, 5) is 24.4. The molecule has 1 aliphatic carbocycles. The summed E-state index contributed by atoms with van der Waals surface area (Å²) < 4.78 is 24.5. The number of rotatable bonds is 12. The first-order chi connectivity index (χ1) is 21.0. The number of carbonyl (C=O) groups excluding carboxylic acids is 2. The van der Waals surface area contributed by atoms with Crippen molar-refractivity contribution in [3.63, 3.8) is 0 Å². The van der Waals surface area contributed by atoms with Gasteiger partial charge in [-0.15, -0.1) is 0 Å². The molecule has 4 aromatic carbocycles. The molecule has 0 saturated carbocycles. The summed E-state index contributed by atoms with van der Waals surface area (Å²) in [7, 11) is 0. The van der Waals surface area contributed by atoms with Crippen LogP contribution in [0.15, 0.2) is 122 Å².